The molecule has 188 valence electrons. The number of aryl methyl sites for hydroxylation is 1. The van der Waals surface area contributed by atoms with Crippen LogP contribution in [0.5, 0.6) is 5.75 Å². The number of carbonyl (C=O) groups excluding carboxylic acids is 2. The molecule has 0 aliphatic carbocycles. The molecule has 1 amide bonds. The molecule has 1 N–H and O–H groups in total. The summed E-state index contributed by atoms with van der Waals surface area (Å²) in [5, 5.41) is 3.91. The number of hydrazone groups is 1. The Morgan fingerprint density at radius 2 is 1.69 bits per heavy atom. The third-order valence-corrected chi connectivity index (χ3v) is 7.01. The average molecular weight is 510 g/mol. The van der Waals surface area contributed by atoms with E-state index in [0.29, 0.717) is 11.1 Å². The van der Waals surface area contributed by atoms with E-state index in [0.717, 1.165) is 15.4 Å². The fourth-order valence-corrected chi connectivity index (χ4v) is 4.96. The Bertz CT molecular complexity index is 1340. The van der Waals surface area contributed by atoms with E-state index >= 15 is 0 Å². The normalized spacial score (nSPS) is 11.4. The SMILES string of the molecule is COC(=O)c1ccc(/C=N/NC(=O)CN(Cc2ccccc2)S(=O)(=O)c2cc(C)ccc2OC)cc1. The lowest BCUT2D eigenvalue weighted by molar-refractivity contribution is -0.121. The Kier molecular flexibility index (Phi) is 8.93. The molecule has 0 aliphatic rings. The molecule has 0 aliphatic heterocycles. The highest BCUT2D eigenvalue weighted by Gasteiger charge is 2.30. The summed E-state index contributed by atoms with van der Waals surface area (Å²) in [5.41, 5.74) is 4.82. The zero-order valence-corrected chi connectivity index (χ0v) is 21.0. The fourth-order valence-electron chi connectivity index (χ4n) is 3.33. The van der Waals surface area contributed by atoms with Gasteiger partial charge < -0.3 is 9.47 Å². The molecule has 0 fully saturated rings. The van der Waals surface area contributed by atoms with Crippen molar-refractivity contribution in [2.45, 2.75) is 18.4 Å². The highest BCUT2D eigenvalue weighted by Crippen LogP contribution is 2.28. The van der Waals surface area contributed by atoms with Gasteiger partial charge >= 0.3 is 5.97 Å². The minimum Gasteiger partial charge on any atom is -0.495 e. The molecule has 0 unspecified atom stereocenters. The molecular formula is C26H27N3O6S. The van der Waals surface area contributed by atoms with E-state index in [1.165, 1.54) is 26.5 Å². The van der Waals surface area contributed by atoms with E-state index in [4.69, 9.17) is 4.74 Å². The number of nitrogens with one attached hydrogen (secondary N) is 1. The first-order valence-electron chi connectivity index (χ1n) is 10.9. The molecule has 3 aromatic carbocycles. The molecular weight excluding hydrogens is 482 g/mol. The second-order valence-electron chi connectivity index (χ2n) is 7.82. The van der Waals surface area contributed by atoms with Crippen LogP contribution in [0.15, 0.2) is 82.8 Å². The van der Waals surface area contributed by atoms with E-state index in [2.05, 4.69) is 15.3 Å². The molecule has 3 rings (SSSR count). The predicted octanol–water partition coefficient (Wildman–Crippen LogP) is 3.13. The van der Waals surface area contributed by atoms with Crippen LogP contribution in [0, 0.1) is 6.92 Å². The second kappa shape index (κ2) is 12.1. The van der Waals surface area contributed by atoms with E-state index in [-0.39, 0.29) is 17.2 Å². The number of sulfonamides is 1. The molecule has 0 aromatic heterocycles. The average Bonchev–Trinajstić information content (AvgIpc) is 2.88. The van der Waals surface area contributed by atoms with E-state index in [1.54, 1.807) is 67.6 Å². The van der Waals surface area contributed by atoms with Gasteiger partial charge in [0.05, 0.1) is 32.5 Å². The standard InChI is InChI=1S/C26H27N3O6S/c1-19-9-14-23(34-2)24(15-19)36(32,33)29(17-21-7-5-4-6-8-21)18-25(30)28-27-16-20-10-12-22(13-11-20)26(31)35-3/h4-16H,17-18H2,1-3H3,(H,28,30)/b27-16+. The van der Waals surface area contributed by atoms with Crippen molar-refractivity contribution in [1.82, 2.24) is 9.73 Å². The fraction of sp³-hybridized carbons (Fsp3) is 0.192. The molecule has 0 saturated heterocycles. The Balaban J connectivity index is 1.79. The summed E-state index contributed by atoms with van der Waals surface area (Å²) in [5.74, 6) is -0.896. The minimum absolute atomic E-state index is 0.0214. The second-order valence-corrected chi connectivity index (χ2v) is 9.73. The number of nitrogens with zero attached hydrogens (tertiary/aromatic N) is 2. The van der Waals surface area contributed by atoms with Crippen LogP contribution in [-0.2, 0) is 26.1 Å². The summed E-state index contributed by atoms with van der Waals surface area (Å²) in [6.07, 6.45) is 1.39. The monoisotopic (exact) mass is 509 g/mol. The predicted molar refractivity (Wildman–Crippen MR) is 135 cm³/mol. The molecule has 0 bridgehead atoms. The van der Waals surface area contributed by atoms with Crippen molar-refractivity contribution in [3.05, 3.63) is 95.1 Å². The summed E-state index contributed by atoms with van der Waals surface area (Å²) < 4.78 is 38.2. The lowest BCUT2D eigenvalue weighted by Crippen LogP contribution is -2.39. The number of ether oxygens (including phenoxy) is 2. The quantitative estimate of drug-likeness (QED) is 0.255. The van der Waals surface area contributed by atoms with Crippen molar-refractivity contribution in [3.8, 4) is 5.75 Å². The Morgan fingerprint density at radius 3 is 2.33 bits per heavy atom. The molecule has 0 spiro atoms. The van der Waals surface area contributed by atoms with Crippen molar-refractivity contribution >= 4 is 28.1 Å². The van der Waals surface area contributed by atoms with Crippen LogP contribution < -0.4 is 10.2 Å². The topological polar surface area (TPSA) is 114 Å². The van der Waals surface area contributed by atoms with Crippen molar-refractivity contribution < 1.29 is 27.5 Å². The van der Waals surface area contributed by atoms with Gasteiger partial charge in [-0.15, -0.1) is 0 Å². The number of esters is 1. The molecule has 9 nitrogen and oxygen atoms in total. The minimum atomic E-state index is -4.10. The first kappa shape index (κ1) is 26.6. The highest BCUT2D eigenvalue weighted by atomic mass is 32.2. The maximum Gasteiger partial charge on any atom is 0.337 e. The molecule has 36 heavy (non-hydrogen) atoms. The molecule has 0 radical (unpaired) electrons. The van der Waals surface area contributed by atoms with Crippen molar-refractivity contribution in [1.29, 1.82) is 0 Å². The number of hydrogen-bond donors (Lipinski definition) is 1. The largest absolute Gasteiger partial charge is 0.495 e. The molecule has 0 heterocycles. The van der Waals surface area contributed by atoms with Gasteiger partial charge in [0, 0.05) is 6.54 Å². The van der Waals surface area contributed by atoms with Crippen LogP contribution in [0.3, 0.4) is 0 Å². The first-order chi connectivity index (χ1) is 17.2. The van der Waals surface area contributed by atoms with Gasteiger partial charge in [-0.05, 0) is 47.9 Å². The maximum atomic E-state index is 13.6. The summed E-state index contributed by atoms with van der Waals surface area (Å²) in [7, 11) is -1.41. The van der Waals surface area contributed by atoms with Crippen LogP contribution in [0.1, 0.15) is 27.0 Å². The summed E-state index contributed by atoms with van der Waals surface area (Å²) in [6, 6.07) is 20.2. The van der Waals surface area contributed by atoms with Crippen LogP contribution in [0.25, 0.3) is 0 Å². The van der Waals surface area contributed by atoms with Crippen molar-refractivity contribution in [3.63, 3.8) is 0 Å². The smallest absolute Gasteiger partial charge is 0.337 e. The lowest BCUT2D eigenvalue weighted by atomic mass is 10.1. The molecule has 0 atom stereocenters. The van der Waals surface area contributed by atoms with E-state index in [9.17, 15) is 18.0 Å². The van der Waals surface area contributed by atoms with Gasteiger partial charge in [-0.2, -0.15) is 9.41 Å². The zero-order chi connectivity index (χ0) is 26.1. The maximum absolute atomic E-state index is 13.6. The highest BCUT2D eigenvalue weighted by molar-refractivity contribution is 7.89. The van der Waals surface area contributed by atoms with E-state index in [1.807, 2.05) is 6.07 Å². The number of carbonyl (C=O) groups is 2. The Labute approximate surface area is 210 Å². The Hall–Kier alpha value is -4.02. The number of hydrogen-bond acceptors (Lipinski definition) is 7. The zero-order valence-electron chi connectivity index (χ0n) is 20.2. The molecule has 10 heteroatoms. The first-order valence-corrected chi connectivity index (χ1v) is 12.4. The van der Waals surface area contributed by atoms with Crippen LogP contribution in [0.4, 0.5) is 0 Å². The summed E-state index contributed by atoms with van der Waals surface area (Å²) in [6.45, 7) is 1.29. The third kappa shape index (κ3) is 6.77. The summed E-state index contributed by atoms with van der Waals surface area (Å²) in [4.78, 5) is 24.2. The number of methoxy groups -OCH3 is 2. The lowest BCUT2D eigenvalue weighted by Gasteiger charge is -2.23. The molecule has 0 saturated carbocycles. The van der Waals surface area contributed by atoms with Gasteiger partial charge in [0.25, 0.3) is 5.91 Å². The van der Waals surface area contributed by atoms with Crippen molar-refractivity contribution in [2.75, 3.05) is 20.8 Å². The van der Waals surface area contributed by atoms with Gasteiger partial charge in [-0.1, -0.05) is 48.5 Å². The number of amides is 1. The third-order valence-electron chi connectivity index (χ3n) is 5.19. The van der Waals surface area contributed by atoms with Gasteiger partial charge in [0.1, 0.15) is 10.6 Å². The number of benzene rings is 3. The number of rotatable bonds is 10. The van der Waals surface area contributed by atoms with Gasteiger partial charge in [0.2, 0.25) is 10.0 Å². The van der Waals surface area contributed by atoms with Gasteiger partial charge in [0.15, 0.2) is 0 Å². The molecule has 3 aromatic rings. The van der Waals surface area contributed by atoms with Crippen LogP contribution in [0.2, 0.25) is 0 Å². The summed E-state index contributed by atoms with van der Waals surface area (Å²) >= 11 is 0. The Morgan fingerprint density at radius 1 is 1.00 bits per heavy atom. The van der Waals surface area contributed by atoms with Crippen LogP contribution in [-0.4, -0.2) is 51.6 Å². The van der Waals surface area contributed by atoms with E-state index < -0.39 is 28.4 Å². The van der Waals surface area contributed by atoms with Crippen LogP contribution >= 0.6 is 0 Å². The van der Waals surface area contributed by atoms with Gasteiger partial charge in [-0.3, -0.25) is 4.79 Å². The van der Waals surface area contributed by atoms with Crippen molar-refractivity contribution in [2.24, 2.45) is 5.10 Å². The van der Waals surface area contributed by atoms with Gasteiger partial charge in [-0.25, -0.2) is 18.6 Å².